The van der Waals surface area contributed by atoms with E-state index in [1.165, 1.54) is 0 Å². The third kappa shape index (κ3) is 2.01. The highest BCUT2D eigenvalue weighted by molar-refractivity contribution is 5.85. The lowest BCUT2D eigenvalue weighted by atomic mass is 10.0. The fourth-order valence-electron chi connectivity index (χ4n) is 1.24. The Morgan fingerprint density at radius 2 is 2.23 bits per heavy atom. The maximum Gasteiger partial charge on any atom is 0.153 e. The minimum atomic E-state index is 0. The third-order valence-electron chi connectivity index (χ3n) is 1.89. The number of nitrogens with one attached hydrogen (secondary N) is 2. The molecular weight excluding hydrogens is 188 g/mol. The second-order valence-electron chi connectivity index (χ2n) is 3.65. The number of fused-ring (bicyclic) bond motifs is 1. The van der Waals surface area contributed by atoms with Crippen molar-refractivity contribution in [1.82, 2.24) is 9.97 Å². The van der Waals surface area contributed by atoms with Gasteiger partial charge in [-0.3, -0.25) is 0 Å². The molecular formula is C8H13ClN4. The topological polar surface area (TPSA) is 49.8 Å². The van der Waals surface area contributed by atoms with Crippen LogP contribution in [0.4, 0.5) is 11.5 Å². The molecule has 1 aromatic heterocycles. The minimum Gasteiger partial charge on any atom is -0.378 e. The predicted molar refractivity (Wildman–Crippen MR) is 55.5 cm³/mol. The monoisotopic (exact) mass is 200 g/mol. The zero-order valence-corrected chi connectivity index (χ0v) is 8.48. The predicted octanol–water partition coefficient (Wildman–Crippen LogP) is 1.51. The summed E-state index contributed by atoms with van der Waals surface area (Å²) in [4.78, 5) is 8.06. The first kappa shape index (κ1) is 10.1. The first-order chi connectivity index (χ1) is 5.67. The van der Waals surface area contributed by atoms with Gasteiger partial charge in [-0.05, 0) is 13.8 Å². The van der Waals surface area contributed by atoms with Crippen LogP contribution >= 0.6 is 12.4 Å². The summed E-state index contributed by atoms with van der Waals surface area (Å²) < 4.78 is 0. The molecule has 0 atom stereocenters. The fraction of sp³-hybridized carbons (Fsp3) is 0.500. The summed E-state index contributed by atoms with van der Waals surface area (Å²) in [5.41, 5.74) is 1.05. The fourth-order valence-corrected chi connectivity index (χ4v) is 1.24. The van der Waals surface area contributed by atoms with Crippen molar-refractivity contribution in [1.29, 1.82) is 0 Å². The molecule has 0 fully saturated rings. The number of hydrogen-bond acceptors (Lipinski definition) is 4. The van der Waals surface area contributed by atoms with E-state index in [1.54, 1.807) is 12.5 Å². The molecule has 2 heterocycles. The van der Waals surface area contributed by atoms with Gasteiger partial charge >= 0.3 is 0 Å². The van der Waals surface area contributed by atoms with Crippen LogP contribution < -0.4 is 10.6 Å². The highest BCUT2D eigenvalue weighted by Crippen LogP contribution is 2.25. The van der Waals surface area contributed by atoms with E-state index in [0.717, 1.165) is 18.1 Å². The lowest BCUT2D eigenvalue weighted by Gasteiger charge is -2.33. The van der Waals surface area contributed by atoms with Gasteiger partial charge in [0.1, 0.15) is 6.33 Å². The van der Waals surface area contributed by atoms with Crippen molar-refractivity contribution in [3.63, 3.8) is 0 Å². The molecule has 1 aromatic rings. The lowest BCUT2D eigenvalue weighted by molar-refractivity contribution is 0.584. The number of aromatic nitrogens is 2. The first-order valence-electron chi connectivity index (χ1n) is 3.99. The Balaban J connectivity index is 0.000000845. The number of nitrogens with zero attached hydrogens (tertiary/aromatic N) is 2. The summed E-state index contributed by atoms with van der Waals surface area (Å²) in [5, 5.41) is 6.59. The Hall–Kier alpha value is -1.03. The second-order valence-corrected chi connectivity index (χ2v) is 3.65. The molecule has 13 heavy (non-hydrogen) atoms. The van der Waals surface area contributed by atoms with E-state index in [-0.39, 0.29) is 17.9 Å². The molecule has 0 unspecified atom stereocenters. The van der Waals surface area contributed by atoms with Crippen LogP contribution in [0.3, 0.4) is 0 Å². The van der Waals surface area contributed by atoms with Crippen LogP contribution in [0.25, 0.3) is 0 Å². The SMILES string of the molecule is CC1(C)CNc2cncnc2N1.Cl. The Morgan fingerprint density at radius 3 is 3.00 bits per heavy atom. The van der Waals surface area contributed by atoms with Crippen molar-refractivity contribution in [2.45, 2.75) is 19.4 Å². The number of anilines is 2. The van der Waals surface area contributed by atoms with Gasteiger partial charge in [0.25, 0.3) is 0 Å². The van der Waals surface area contributed by atoms with Crippen molar-refractivity contribution >= 4 is 23.9 Å². The Morgan fingerprint density at radius 1 is 1.46 bits per heavy atom. The second kappa shape index (κ2) is 3.38. The third-order valence-corrected chi connectivity index (χ3v) is 1.89. The summed E-state index contributed by atoms with van der Waals surface area (Å²) in [7, 11) is 0. The molecule has 0 saturated carbocycles. The van der Waals surface area contributed by atoms with E-state index in [2.05, 4.69) is 34.4 Å². The summed E-state index contributed by atoms with van der Waals surface area (Å²) in [6.45, 7) is 5.16. The van der Waals surface area contributed by atoms with Crippen LogP contribution in [0.2, 0.25) is 0 Å². The first-order valence-corrected chi connectivity index (χ1v) is 3.99. The molecule has 0 radical (unpaired) electrons. The van der Waals surface area contributed by atoms with Crippen molar-refractivity contribution in [3.8, 4) is 0 Å². The van der Waals surface area contributed by atoms with Crippen molar-refractivity contribution in [2.75, 3.05) is 17.2 Å². The molecule has 72 valence electrons. The maximum atomic E-state index is 4.13. The van der Waals surface area contributed by atoms with Crippen LogP contribution in [0.15, 0.2) is 12.5 Å². The summed E-state index contributed by atoms with van der Waals surface area (Å²) in [6.07, 6.45) is 3.33. The molecule has 2 rings (SSSR count). The van der Waals surface area contributed by atoms with E-state index >= 15 is 0 Å². The molecule has 2 N–H and O–H groups in total. The van der Waals surface area contributed by atoms with Gasteiger partial charge in [0.15, 0.2) is 5.82 Å². The Labute approximate surface area is 83.6 Å². The van der Waals surface area contributed by atoms with Gasteiger partial charge in [0, 0.05) is 6.54 Å². The van der Waals surface area contributed by atoms with E-state index in [4.69, 9.17) is 0 Å². The van der Waals surface area contributed by atoms with Gasteiger partial charge in [-0.15, -0.1) is 12.4 Å². The van der Waals surface area contributed by atoms with E-state index < -0.39 is 0 Å². The van der Waals surface area contributed by atoms with Crippen LogP contribution in [-0.2, 0) is 0 Å². The van der Waals surface area contributed by atoms with Gasteiger partial charge < -0.3 is 10.6 Å². The Bertz CT molecular complexity index is 300. The largest absolute Gasteiger partial charge is 0.378 e. The standard InChI is InChI=1S/C8H12N4.ClH/c1-8(2)4-10-6-3-9-5-11-7(6)12-8;/h3,5,10H,4H2,1-2H3,(H,9,11,12);1H. The van der Waals surface area contributed by atoms with Crippen molar-refractivity contribution < 1.29 is 0 Å². The lowest BCUT2D eigenvalue weighted by Crippen LogP contribution is -2.42. The number of hydrogen-bond donors (Lipinski definition) is 2. The number of halogens is 1. The molecule has 0 spiro atoms. The van der Waals surface area contributed by atoms with Crippen LogP contribution in [0.1, 0.15) is 13.8 Å². The smallest absolute Gasteiger partial charge is 0.153 e. The molecule has 0 aromatic carbocycles. The van der Waals surface area contributed by atoms with Crippen LogP contribution in [0.5, 0.6) is 0 Å². The van der Waals surface area contributed by atoms with Gasteiger partial charge in [-0.1, -0.05) is 0 Å². The van der Waals surface area contributed by atoms with Crippen molar-refractivity contribution in [2.24, 2.45) is 0 Å². The average molecular weight is 201 g/mol. The molecule has 4 nitrogen and oxygen atoms in total. The zero-order valence-electron chi connectivity index (χ0n) is 7.66. The quantitative estimate of drug-likeness (QED) is 0.667. The molecule has 1 aliphatic rings. The summed E-state index contributed by atoms with van der Waals surface area (Å²) in [5.74, 6) is 0.890. The molecule has 0 saturated heterocycles. The zero-order chi connectivity index (χ0) is 8.60. The molecule has 0 aliphatic carbocycles. The van der Waals surface area contributed by atoms with E-state index in [9.17, 15) is 0 Å². The molecule has 1 aliphatic heterocycles. The number of rotatable bonds is 0. The van der Waals surface area contributed by atoms with E-state index in [1.807, 2.05) is 0 Å². The van der Waals surface area contributed by atoms with E-state index in [0.29, 0.717) is 0 Å². The molecule has 0 bridgehead atoms. The van der Waals surface area contributed by atoms with Gasteiger partial charge in [0.2, 0.25) is 0 Å². The maximum absolute atomic E-state index is 4.13. The minimum absolute atomic E-state index is 0. The molecule has 5 heteroatoms. The van der Waals surface area contributed by atoms with Crippen LogP contribution in [-0.4, -0.2) is 22.1 Å². The summed E-state index contributed by atoms with van der Waals surface area (Å²) >= 11 is 0. The molecule has 0 amide bonds. The van der Waals surface area contributed by atoms with Gasteiger partial charge in [-0.2, -0.15) is 0 Å². The highest BCUT2D eigenvalue weighted by Gasteiger charge is 2.24. The van der Waals surface area contributed by atoms with Crippen molar-refractivity contribution in [3.05, 3.63) is 12.5 Å². The van der Waals surface area contributed by atoms with Gasteiger partial charge in [0.05, 0.1) is 17.4 Å². The average Bonchev–Trinajstić information content (AvgIpc) is 2.02. The highest BCUT2D eigenvalue weighted by atomic mass is 35.5. The Kier molecular flexibility index (Phi) is 2.61. The summed E-state index contributed by atoms with van der Waals surface area (Å²) in [6, 6.07) is 0. The normalized spacial score (nSPS) is 17.4. The van der Waals surface area contributed by atoms with Crippen LogP contribution in [0, 0.1) is 0 Å². The van der Waals surface area contributed by atoms with Gasteiger partial charge in [-0.25, -0.2) is 9.97 Å².